The summed E-state index contributed by atoms with van der Waals surface area (Å²) in [5.74, 6) is 0. The maximum atomic E-state index is 8.46. The van der Waals surface area contributed by atoms with Gasteiger partial charge in [0, 0.05) is 0 Å². The Hall–Kier alpha value is -0.590. The van der Waals surface area contributed by atoms with Crippen molar-refractivity contribution in [3.63, 3.8) is 0 Å². The van der Waals surface area contributed by atoms with Crippen LogP contribution in [0.15, 0.2) is 0 Å². The van der Waals surface area contributed by atoms with Gasteiger partial charge in [-0.1, -0.05) is 0 Å². The van der Waals surface area contributed by atoms with Gasteiger partial charge in [0.1, 0.15) is 0 Å². The second-order valence-electron chi connectivity index (χ2n) is 3.32. The first kappa shape index (κ1) is 11.4. The molecule has 3 heteroatoms. The molecule has 1 N–H and O–H groups in total. The van der Waals surface area contributed by atoms with E-state index in [2.05, 4.69) is 30.4 Å². The minimum absolute atomic E-state index is 0.00986. The third-order valence-corrected chi connectivity index (χ3v) is 1.68. The first-order valence-corrected chi connectivity index (χ1v) is 4.44. The highest BCUT2D eigenvalue weighted by molar-refractivity contribution is 4.84. The molecule has 70 valence electrons. The van der Waals surface area contributed by atoms with Crippen molar-refractivity contribution in [1.82, 2.24) is 10.2 Å². The summed E-state index contributed by atoms with van der Waals surface area (Å²) < 4.78 is 0. The Bertz CT molecular complexity index is 137. The van der Waals surface area contributed by atoms with Crippen LogP contribution < -0.4 is 5.32 Å². The van der Waals surface area contributed by atoms with E-state index in [1.165, 1.54) is 6.42 Å². The molecule has 0 aromatic heterocycles. The van der Waals surface area contributed by atoms with Gasteiger partial charge in [-0.05, 0) is 47.0 Å². The van der Waals surface area contributed by atoms with Crippen molar-refractivity contribution in [3.8, 4) is 6.07 Å². The zero-order chi connectivity index (χ0) is 9.40. The molecular formula is C9H19N3. The Morgan fingerprint density at radius 3 is 2.58 bits per heavy atom. The minimum Gasteiger partial charge on any atom is -0.309 e. The molecule has 0 aliphatic rings. The standard InChI is InChI=1S/C9H19N3/c1-9(8-10)11-6-4-5-7-12(2)3/h9,11H,4-7H2,1-3H3. The molecule has 0 saturated heterocycles. The highest BCUT2D eigenvalue weighted by atomic mass is 15.0. The first-order chi connectivity index (χ1) is 5.66. The van der Waals surface area contributed by atoms with Gasteiger partial charge in [0.2, 0.25) is 0 Å². The van der Waals surface area contributed by atoms with Gasteiger partial charge in [-0.2, -0.15) is 5.26 Å². The lowest BCUT2D eigenvalue weighted by Gasteiger charge is -2.09. The molecule has 0 rings (SSSR count). The molecule has 0 saturated carbocycles. The minimum atomic E-state index is -0.00986. The monoisotopic (exact) mass is 169 g/mol. The molecule has 0 heterocycles. The maximum absolute atomic E-state index is 8.46. The van der Waals surface area contributed by atoms with Crippen LogP contribution in [0.3, 0.4) is 0 Å². The molecule has 0 aliphatic heterocycles. The fraction of sp³-hybridized carbons (Fsp3) is 0.889. The largest absolute Gasteiger partial charge is 0.309 e. The quantitative estimate of drug-likeness (QED) is 0.599. The Kier molecular flexibility index (Phi) is 6.73. The van der Waals surface area contributed by atoms with Crippen LogP contribution in [-0.4, -0.2) is 38.1 Å². The molecule has 0 spiro atoms. The Morgan fingerprint density at radius 1 is 1.42 bits per heavy atom. The molecule has 1 atom stereocenters. The van der Waals surface area contributed by atoms with Crippen LogP contribution in [0.25, 0.3) is 0 Å². The van der Waals surface area contributed by atoms with Crippen molar-refractivity contribution in [2.24, 2.45) is 0 Å². The molecule has 1 unspecified atom stereocenters. The van der Waals surface area contributed by atoms with Crippen molar-refractivity contribution in [2.75, 3.05) is 27.2 Å². The molecule has 0 amide bonds. The summed E-state index contributed by atoms with van der Waals surface area (Å²) in [4.78, 5) is 2.17. The second-order valence-corrected chi connectivity index (χ2v) is 3.32. The lowest BCUT2D eigenvalue weighted by Crippen LogP contribution is -2.25. The van der Waals surface area contributed by atoms with Crippen LogP contribution in [0.1, 0.15) is 19.8 Å². The molecule has 0 aromatic rings. The van der Waals surface area contributed by atoms with E-state index in [-0.39, 0.29) is 6.04 Å². The van der Waals surface area contributed by atoms with E-state index in [9.17, 15) is 0 Å². The molecule has 3 nitrogen and oxygen atoms in total. The fourth-order valence-corrected chi connectivity index (χ4v) is 0.917. The summed E-state index contributed by atoms with van der Waals surface area (Å²) in [6.45, 7) is 3.96. The van der Waals surface area contributed by atoms with Gasteiger partial charge in [0.15, 0.2) is 0 Å². The third-order valence-electron chi connectivity index (χ3n) is 1.68. The van der Waals surface area contributed by atoms with Crippen molar-refractivity contribution < 1.29 is 0 Å². The van der Waals surface area contributed by atoms with E-state index in [4.69, 9.17) is 5.26 Å². The SMILES string of the molecule is CC(C#N)NCCCCN(C)C. The van der Waals surface area contributed by atoms with Crippen LogP contribution in [0.4, 0.5) is 0 Å². The number of nitriles is 1. The number of rotatable bonds is 6. The molecule has 12 heavy (non-hydrogen) atoms. The topological polar surface area (TPSA) is 39.1 Å². The van der Waals surface area contributed by atoms with E-state index in [1.54, 1.807) is 0 Å². The van der Waals surface area contributed by atoms with E-state index >= 15 is 0 Å². The lowest BCUT2D eigenvalue weighted by atomic mass is 10.3. The first-order valence-electron chi connectivity index (χ1n) is 4.44. The van der Waals surface area contributed by atoms with Gasteiger partial charge < -0.3 is 10.2 Å². The fourth-order valence-electron chi connectivity index (χ4n) is 0.917. The lowest BCUT2D eigenvalue weighted by molar-refractivity contribution is 0.391. The van der Waals surface area contributed by atoms with Gasteiger partial charge >= 0.3 is 0 Å². The van der Waals surface area contributed by atoms with Crippen LogP contribution in [0, 0.1) is 11.3 Å². The third kappa shape index (κ3) is 7.52. The zero-order valence-corrected chi connectivity index (χ0v) is 8.30. The van der Waals surface area contributed by atoms with Crippen molar-refractivity contribution >= 4 is 0 Å². The maximum Gasteiger partial charge on any atom is 0.0924 e. The number of nitrogens with zero attached hydrogens (tertiary/aromatic N) is 2. The van der Waals surface area contributed by atoms with E-state index in [0.29, 0.717) is 0 Å². The average molecular weight is 169 g/mol. The molecular weight excluding hydrogens is 150 g/mol. The van der Waals surface area contributed by atoms with Crippen LogP contribution >= 0.6 is 0 Å². The van der Waals surface area contributed by atoms with E-state index in [0.717, 1.165) is 19.5 Å². The molecule has 0 bridgehead atoms. The Labute approximate surface area is 75.4 Å². The van der Waals surface area contributed by atoms with E-state index in [1.807, 2.05) is 6.92 Å². The van der Waals surface area contributed by atoms with Crippen LogP contribution in [0.2, 0.25) is 0 Å². The normalized spacial score (nSPS) is 12.9. The van der Waals surface area contributed by atoms with Crippen molar-refractivity contribution in [3.05, 3.63) is 0 Å². The summed E-state index contributed by atoms with van der Waals surface area (Å²) in [5.41, 5.74) is 0. The highest BCUT2D eigenvalue weighted by Gasteiger charge is 1.96. The number of hydrogen-bond acceptors (Lipinski definition) is 3. The van der Waals surface area contributed by atoms with E-state index < -0.39 is 0 Å². The molecule has 0 radical (unpaired) electrons. The average Bonchev–Trinajstić information content (AvgIpc) is 2.03. The van der Waals surface area contributed by atoms with Gasteiger partial charge in [0.05, 0.1) is 12.1 Å². The predicted molar refractivity (Wildman–Crippen MR) is 50.9 cm³/mol. The number of unbranched alkanes of at least 4 members (excludes halogenated alkanes) is 1. The van der Waals surface area contributed by atoms with Gasteiger partial charge in [-0.25, -0.2) is 0 Å². The Balaban J connectivity index is 3.07. The van der Waals surface area contributed by atoms with Crippen molar-refractivity contribution in [2.45, 2.75) is 25.8 Å². The van der Waals surface area contributed by atoms with Crippen molar-refractivity contribution in [1.29, 1.82) is 5.26 Å². The second kappa shape index (κ2) is 7.08. The summed E-state index contributed by atoms with van der Waals surface area (Å²) in [5, 5.41) is 11.6. The smallest absolute Gasteiger partial charge is 0.0924 e. The van der Waals surface area contributed by atoms with Crippen LogP contribution in [-0.2, 0) is 0 Å². The summed E-state index contributed by atoms with van der Waals surface area (Å²) in [6, 6.07) is 2.13. The van der Waals surface area contributed by atoms with Gasteiger partial charge in [-0.15, -0.1) is 0 Å². The van der Waals surface area contributed by atoms with Crippen LogP contribution in [0.5, 0.6) is 0 Å². The summed E-state index contributed by atoms with van der Waals surface area (Å²) in [6.07, 6.45) is 2.34. The Morgan fingerprint density at radius 2 is 2.08 bits per heavy atom. The molecule has 0 aliphatic carbocycles. The summed E-state index contributed by atoms with van der Waals surface area (Å²) >= 11 is 0. The van der Waals surface area contributed by atoms with Gasteiger partial charge in [-0.3, -0.25) is 0 Å². The van der Waals surface area contributed by atoms with Gasteiger partial charge in [0.25, 0.3) is 0 Å². The predicted octanol–water partition coefficient (Wildman–Crippen LogP) is 0.830. The number of hydrogen-bond donors (Lipinski definition) is 1. The highest BCUT2D eigenvalue weighted by Crippen LogP contribution is 1.89. The number of nitrogens with one attached hydrogen (secondary N) is 1. The summed E-state index contributed by atoms with van der Waals surface area (Å²) in [7, 11) is 4.15. The molecule has 0 aromatic carbocycles. The zero-order valence-electron chi connectivity index (χ0n) is 8.30. The molecule has 0 fully saturated rings.